The third-order valence-electron chi connectivity index (χ3n) is 1.34. The zero-order valence-electron chi connectivity index (χ0n) is 6.52. The van der Waals surface area contributed by atoms with Gasteiger partial charge in [0.15, 0.2) is 0 Å². The predicted octanol–water partition coefficient (Wildman–Crippen LogP) is 3.48. The normalized spacial score (nSPS) is 11.8. The predicted molar refractivity (Wildman–Crippen MR) is 46.0 cm³/mol. The first kappa shape index (κ1) is 10.7. The van der Waals surface area contributed by atoms with Crippen molar-refractivity contribution < 1.29 is 13.2 Å². The monoisotopic (exact) mass is 227 g/mol. The molecule has 1 rings (SSSR count). The Bertz CT molecular complexity index is 313. The van der Waals surface area contributed by atoms with Crippen LogP contribution in [-0.2, 0) is 6.18 Å². The van der Waals surface area contributed by atoms with Crippen LogP contribution in [0.1, 0.15) is 5.56 Å². The summed E-state index contributed by atoms with van der Waals surface area (Å²) in [5.41, 5.74) is -0.896. The third-order valence-corrected chi connectivity index (χ3v) is 2.30. The van der Waals surface area contributed by atoms with Crippen LogP contribution < -0.4 is 0 Å². The third kappa shape index (κ3) is 2.51. The van der Waals surface area contributed by atoms with Crippen LogP contribution in [-0.4, -0.2) is 11.2 Å². The maximum Gasteiger partial charge on any atom is 0.419 e. The molecule has 72 valence electrons. The summed E-state index contributed by atoms with van der Waals surface area (Å²) in [6, 6.07) is 1.20. The largest absolute Gasteiger partial charge is 0.419 e. The van der Waals surface area contributed by atoms with Gasteiger partial charge in [0.25, 0.3) is 0 Å². The topological polar surface area (TPSA) is 12.9 Å². The van der Waals surface area contributed by atoms with Crippen LogP contribution in [0.4, 0.5) is 13.2 Å². The Hall–Kier alpha value is -0.420. The number of hydrogen-bond acceptors (Lipinski definition) is 2. The van der Waals surface area contributed by atoms with Gasteiger partial charge in [-0.2, -0.15) is 13.2 Å². The molecule has 1 aromatic heterocycles. The van der Waals surface area contributed by atoms with Gasteiger partial charge in [-0.05, 0) is 12.3 Å². The molecule has 6 heteroatoms. The van der Waals surface area contributed by atoms with Crippen LogP contribution in [0.15, 0.2) is 17.3 Å². The van der Waals surface area contributed by atoms with Crippen molar-refractivity contribution in [2.24, 2.45) is 0 Å². The quantitative estimate of drug-likeness (QED) is 0.682. The molecule has 0 aliphatic heterocycles. The molecule has 0 spiro atoms. The van der Waals surface area contributed by atoms with Crippen molar-refractivity contribution in [1.29, 1.82) is 0 Å². The smallest absolute Gasteiger partial charge is 0.249 e. The Labute approximate surface area is 82.3 Å². The molecule has 0 N–H and O–H groups in total. The van der Waals surface area contributed by atoms with Crippen molar-refractivity contribution in [2.45, 2.75) is 11.2 Å². The summed E-state index contributed by atoms with van der Waals surface area (Å²) in [7, 11) is 0. The molecule has 1 nitrogen and oxygen atoms in total. The van der Waals surface area contributed by atoms with Crippen molar-refractivity contribution in [3.05, 3.63) is 22.8 Å². The first-order valence-electron chi connectivity index (χ1n) is 3.22. The molecule has 0 fully saturated rings. The van der Waals surface area contributed by atoms with E-state index in [-0.39, 0.29) is 5.02 Å². The highest BCUT2D eigenvalue weighted by Gasteiger charge is 2.33. The summed E-state index contributed by atoms with van der Waals surface area (Å²) in [6.07, 6.45) is -1.97. The van der Waals surface area contributed by atoms with Crippen LogP contribution in [0.3, 0.4) is 0 Å². The molecule has 0 amide bonds. The van der Waals surface area contributed by atoms with Crippen molar-refractivity contribution in [3.63, 3.8) is 0 Å². The minimum Gasteiger partial charge on any atom is -0.249 e. The van der Waals surface area contributed by atoms with Gasteiger partial charge < -0.3 is 0 Å². The standard InChI is InChI=1S/C7H5ClF3NS/c1-13-6-2-5(8)4(3-12-6)7(9,10)11/h2-3H,1H3. The second-order valence-corrected chi connectivity index (χ2v) is 3.44. The highest BCUT2D eigenvalue weighted by atomic mass is 35.5. The zero-order valence-corrected chi connectivity index (χ0v) is 8.09. The molecule has 0 bridgehead atoms. The van der Waals surface area contributed by atoms with Crippen LogP contribution in [0.2, 0.25) is 5.02 Å². The second-order valence-electron chi connectivity index (χ2n) is 2.20. The lowest BCUT2D eigenvalue weighted by Crippen LogP contribution is -2.06. The number of aromatic nitrogens is 1. The Morgan fingerprint density at radius 2 is 2.08 bits per heavy atom. The maximum atomic E-state index is 12.2. The molecule has 0 aliphatic rings. The molecule has 0 radical (unpaired) electrons. The maximum absolute atomic E-state index is 12.2. The molecule has 1 aromatic rings. The fraction of sp³-hybridized carbons (Fsp3) is 0.286. The van der Waals surface area contributed by atoms with E-state index in [1.54, 1.807) is 6.26 Å². The van der Waals surface area contributed by atoms with Gasteiger partial charge in [0.05, 0.1) is 15.6 Å². The average molecular weight is 228 g/mol. The fourth-order valence-corrected chi connectivity index (χ4v) is 1.45. The first-order chi connectivity index (χ1) is 5.95. The van der Waals surface area contributed by atoms with Crippen molar-refractivity contribution in [2.75, 3.05) is 6.26 Å². The molecule has 0 aliphatic carbocycles. The molecule has 0 aromatic carbocycles. The fourth-order valence-electron chi connectivity index (χ4n) is 0.733. The summed E-state index contributed by atoms with van der Waals surface area (Å²) < 4.78 is 36.5. The number of hydrogen-bond donors (Lipinski definition) is 0. The van der Waals surface area contributed by atoms with Gasteiger partial charge in [-0.25, -0.2) is 4.98 Å². The highest BCUT2D eigenvalue weighted by molar-refractivity contribution is 7.98. The van der Waals surface area contributed by atoms with E-state index in [9.17, 15) is 13.2 Å². The Balaban J connectivity index is 3.13. The lowest BCUT2D eigenvalue weighted by Gasteiger charge is -2.08. The van der Waals surface area contributed by atoms with E-state index in [2.05, 4.69) is 4.98 Å². The number of alkyl halides is 3. The summed E-state index contributed by atoms with van der Waals surface area (Å²) in [6.45, 7) is 0. The van der Waals surface area contributed by atoms with Crippen molar-refractivity contribution >= 4 is 23.4 Å². The van der Waals surface area contributed by atoms with Gasteiger partial charge in [0.1, 0.15) is 0 Å². The van der Waals surface area contributed by atoms with Gasteiger partial charge >= 0.3 is 6.18 Å². The molecular weight excluding hydrogens is 223 g/mol. The van der Waals surface area contributed by atoms with E-state index in [1.807, 2.05) is 0 Å². The van der Waals surface area contributed by atoms with Gasteiger partial charge in [0.2, 0.25) is 0 Å². The first-order valence-corrected chi connectivity index (χ1v) is 4.82. The van der Waals surface area contributed by atoms with Crippen LogP contribution in [0, 0.1) is 0 Å². The lowest BCUT2D eigenvalue weighted by atomic mass is 10.3. The Morgan fingerprint density at radius 1 is 1.46 bits per heavy atom. The minimum atomic E-state index is -4.43. The van der Waals surface area contributed by atoms with E-state index >= 15 is 0 Å². The summed E-state index contributed by atoms with van der Waals surface area (Å²) in [5.74, 6) is 0. The van der Waals surface area contributed by atoms with E-state index < -0.39 is 11.7 Å². The van der Waals surface area contributed by atoms with Crippen LogP contribution in [0.5, 0.6) is 0 Å². The second kappa shape index (κ2) is 3.75. The van der Waals surface area contributed by atoms with E-state index in [4.69, 9.17) is 11.6 Å². The lowest BCUT2D eigenvalue weighted by molar-refractivity contribution is -0.137. The Kier molecular flexibility index (Phi) is 3.08. The number of thioether (sulfide) groups is 1. The molecule has 13 heavy (non-hydrogen) atoms. The number of nitrogens with zero attached hydrogens (tertiary/aromatic N) is 1. The van der Waals surface area contributed by atoms with E-state index in [0.29, 0.717) is 5.03 Å². The van der Waals surface area contributed by atoms with Gasteiger partial charge in [0, 0.05) is 6.20 Å². The molecule has 0 atom stereocenters. The summed E-state index contributed by atoms with van der Waals surface area (Å²) in [5, 5.41) is 0.157. The molecule has 0 unspecified atom stereocenters. The Morgan fingerprint density at radius 3 is 2.46 bits per heavy atom. The van der Waals surface area contributed by atoms with Crippen molar-refractivity contribution in [3.8, 4) is 0 Å². The molecule has 0 saturated heterocycles. The summed E-state index contributed by atoms with van der Waals surface area (Å²) in [4.78, 5) is 3.58. The number of rotatable bonds is 1. The number of pyridine rings is 1. The zero-order chi connectivity index (χ0) is 10.1. The molecule has 0 saturated carbocycles. The average Bonchev–Trinajstić information content (AvgIpc) is 2.01. The molecular formula is C7H5ClF3NS. The SMILES string of the molecule is CSc1cc(Cl)c(C(F)(F)F)cn1. The van der Waals surface area contributed by atoms with Crippen LogP contribution in [0.25, 0.3) is 0 Å². The minimum absolute atomic E-state index is 0.313. The van der Waals surface area contributed by atoms with Gasteiger partial charge in [-0.3, -0.25) is 0 Å². The van der Waals surface area contributed by atoms with Crippen LogP contribution >= 0.6 is 23.4 Å². The van der Waals surface area contributed by atoms with E-state index in [1.165, 1.54) is 17.8 Å². The van der Waals surface area contributed by atoms with E-state index in [0.717, 1.165) is 6.20 Å². The van der Waals surface area contributed by atoms with Gasteiger partial charge in [-0.1, -0.05) is 11.6 Å². The number of halogens is 4. The molecule has 1 heterocycles. The highest BCUT2D eigenvalue weighted by Crippen LogP contribution is 2.35. The van der Waals surface area contributed by atoms with Gasteiger partial charge in [-0.15, -0.1) is 11.8 Å². The summed E-state index contributed by atoms with van der Waals surface area (Å²) >= 11 is 6.66. The van der Waals surface area contributed by atoms with Crippen molar-refractivity contribution in [1.82, 2.24) is 4.98 Å².